The zero-order chi connectivity index (χ0) is 16.0. The molecule has 112 valence electrons. The Hall–Kier alpha value is -1.64. The lowest BCUT2D eigenvalue weighted by molar-refractivity contribution is 0.417. The molecule has 0 unspecified atom stereocenters. The van der Waals surface area contributed by atoms with Crippen LogP contribution in [0.2, 0.25) is 0 Å². The first-order valence-electron chi connectivity index (χ1n) is 6.71. The van der Waals surface area contributed by atoms with Gasteiger partial charge in [-0.2, -0.15) is 0 Å². The summed E-state index contributed by atoms with van der Waals surface area (Å²) in [5, 5.41) is 26.1. The van der Waals surface area contributed by atoms with E-state index in [0.29, 0.717) is 0 Å². The summed E-state index contributed by atoms with van der Waals surface area (Å²) in [4.78, 5) is 0. The Bertz CT molecular complexity index is 327. The van der Waals surface area contributed by atoms with Crippen LogP contribution in [0.1, 0.15) is 59.9 Å². The number of aromatic hydroxyl groups is 2. The van der Waals surface area contributed by atoms with Crippen LogP contribution in [0.25, 0.3) is 0 Å². The summed E-state index contributed by atoms with van der Waals surface area (Å²) < 4.78 is 0. The topological polar surface area (TPSA) is 60.7 Å². The molecule has 0 saturated heterocycles. The van der Waals surface area contributed by atoms with Crippen LogP contribution in [0.5, 0.6) is 11.5 Å². The van der Waals surface area contributed by atoms with Crippen molar-refractivity contribution in [1.82, 2.24) is 0 Å². The normalized spacial score (nSPS) is 8.00. The predicted molar refractivity (Wildman–Crippen MR) is 84.0 cm³/mol. The van der Waals surface area contributed by atoms with Crippen LogP contribution in [-0.2, 0) is 0 Å². The number of hydrogen-bond acceptors (Lipinski definition) is 3. The summed E-state index contributed by atoms with van der Waals surface area (Å²) >= 11 is 0. The van der Waals surface area contributed by atoms with Gasteiger partial charge >= 0.3 is 0 Å². The van der Waals surface area contributed by atoms with E-state index in [1.807, 2.05) is 41.5 Å². The number of phenols is 2. The molecular weight excluding hydrogens is 240 g/mol. The molecule has 1 aromatic carbocycles. The Morgan fingerprint density at radius 1 is 1.05 bits per heavy atom. The van der Waals surface area contributed by atoms with Gasteiger partial charge in [-0.3, -0.25) is 0 Å². The summed E-state index contributed by atoms with van der Waals surface area (Å²) in [6, 6.07) is 4.67. The smallest absolute Gasteiger partial charge is 0.122 e. The van der Waals surface area contributed by atoms with Gasteiger partial charge in [0.05, 0.1) is 5.76 Å². The van der Waals surface area contributed by atoms with Crippen LogP contribution in [0.3, 0.4) is 0 Å². The lowest BCUT2D eigenvalue weighted by atomic mass is 10.0. The Morgan fingerprint density at radius 2 is 1.42 bits per heavy atom. The van der Waals surface area contributed by atoms with Crippen molar-refractivity contribution in [2.45, 2.75) is 54.4 Å². The second-order valence-electron chi connectivity index (χ2n) is 3.63. The minimum absolute atomic E-state index is 0.104. The van der Waals surface area contributed by atoms with Crippen molar-refractivity contribution in [3.63, 3.8) is 0 Å². The molecular formula is C16H30O3. The highest BCUT2D eigenvalue weighted by Gasteiger charge is 2.04. The maximum absolute atomic E-state index is 9.30. The monoisotopic (exact) mass is 270 g/mol. The molecule has 0 spiro atoms. The summed E-state index contributed by atoms with van der Waals surface area (Å²) in [5.41, 5.74) is 0.864. The first-order chi connectivity index (χ1) is 8.84. The Labute approximate surface area is 118 Å². The SMILES string of the molecule is C=C(C)O.CC.CC.CC(C)c1ccc(O)cc1O. The molecule has 0 heterocycles. The van der Waals surface area contributed by atoms with E-state index in [2.05, 4.69) is 6.58 Å². The van der Waals surface area contributed by atoms with Crippen LogP contribution in [0, 0.1) is 0 Å². The van der Waals surface area contributed by atoms with E-state index < -0.39 is 0 Å². The molecule has 0 saturated carbocycles. The van der Waals surface area contributed by atoms with E-state index in [1.165, 1.54) is 13.0 Å². The fourth-order valence-corrected chi connectivity index (χ4v) is 1.02. The van der Waals surface area contributed by atoms with Crippen LogP contribution in [-0.4, -0.2) is 15.3 Å². The maximum Gasteiger partial charge on any atom is 0.122 e. The molecule has 1 rings (SSSR count). The van der Waals surface area contributed by atoms with Gasteiger partial charge in [-0.25, -0.2) is 0 Å². The molecule has 19 heavy (non-hydrogen) atoms. The number of rotatable bonds is 1. The van der Waals surface area contributed by atoms with Gasteiger partial charge in [-0.05, 0) is 24.5 Å². The lowest BCUT2D eigenvalue weighted by Gasteiger charge is -2.07. The number of phenolic OH excluding ortho intramolecular Hbond substituents is 2. The molecule has 3 N–H and O–H groups in total. The zero-order valence-corrected chi connectivity index (χ0v) is 13.4. The lowest BCUT2D eigenvalue weighted by Crippen LogP contribution is -1.86. The Balaban J connectivity index is -0.000000271. The first-order valence-corrected chi connectivity index (χ1v) is 6.71. The van der Waals surface area contributed by atoms with Crippen molar-refractivity contribution in [2.24, 2.45) is 0 Å². The van der Waals surface area contributed by atoms with E-state index in [0.717, 1.165) is 5.56 Å². The van der Waals surface area contributed by atoms with Gasteiger partial charge in [0.1, 0.15) is 11.5 Å². The molecule has 0 fully saturated rings. The number of benzene rings is 1. The molecule has 3 heteroatoms. The second-order valence-corrected chi connectivity index (χ2v) is 3.63. The van der Waals surface area contributed by atoms with E-state index in [1.54, 1.807) is 12.1 Å². The molecule has 0 aromatic heterocycles. The highest BCUT2D eigenvalue weighted by molar-refractivity contribution is 5.40. The van der Waals surface area contributed by atoms with Gasteiger partial charge in [-0.1, -0.05) is 54.2 Å². The predicted octanol–water partition coefficient (Wildman–Crippen LogP) is 5.35. The largest absolute Gasteiger partial charge is 0.513 e. The molecule has 1 aromatic rings. The van der Waals surface area contributed by atoms with Crippen LogP contribution >= 0.6 is 0 Å². The molecule has 0 aliphatic heterocycles. The first kappa shape index (κ1) is 22.5. The van der Waals surface area contributed by atoms with Crippen molar-refractivity contribution in [2.75, 3.05) is 0 Å². The van der Waals surface area contributed by atoms with Gasteiger partial charge in [0.15, 0.2) is 0 Å². The highest BCUT2D eigenvalue weighted by Crippen LogP contribution is 2.28. The highest BCUT2D eigenvalue weighted by atomic mass is 16.3. The van der Waals surface area contributed by atoms with Crippen molar-refractivity contribution in [3.05, 3.63) is 36.1 Å². The van der Waals surface area contributed by atoms with E-state index >= 15 is 0 Å². The standard InChI is InChI=1S/C9H12O2.C3H6O.2C2H6/c1-6(2)8-4-3-7(10)5-9(8)11;1-3(2)4;2*1-2/h3-6,10-11H,1-2H3;4H,1H2,2H3;2*1-2H3. The van der Waals surface area contributed by atoms with E-state index in [4.69, 9.17) is 10.2 Å². The Kier molecular flexibility index (Phi) is 17.1. The second kappa shape index (κ2) is 14.4. The summed E-state index contributed by atoms with van der Waals surface area (Å²) in [7, 11) is 0. The molecule has 0 aliphatic carbocycles. The fraction of sp³-hybridized carbons (Fsp3) is 0.500. The van der Waals surface area contributed by atoms with Crippen LogP contribution < -0.4 is 0 Å². The molecule has 0 bridgehead atoms. The van der Waals surface area contributed by atoms with E-state index in [-0.39, 0.29) is 23.2 Å². The molecule has 3 nitrogen and oxygen atoms in total. The fourth-order valence-electron chi connectivity index (χ4n) is 1.02. The minimum Gasteiger partial charge on any atom is -0.513 e. The zero-order valence-electron chi connectivity index (χ0n) is 13.4. The van der Waals surface area contributed by atoms with Crippen LogP contribution in [0.4, 0.5) is 0 Å². The van der Waals surface area contributed by atoms with Crippen molar-refractivity contribution in [1.29, 1.82) is 0 Å². The molecule has 0 radical (unpaired) electrons. The number of aliphatic hydroxyl groups excluding tert-OH is 1. The molecule has 0 atom stereocenters. The van der Waals surface area contributed by atoms with Gasteiger partial charge in [-0.15, -0.1) is 0 Å². The summed E-state index contributed by atoms with van der Waals surface area (Å²) in [6.45, 7) is 16.6. The summed E-state index contributed by atoms with van der Waals surface area (Å²) in [6.07, 6.45) is 0. The van der Waals surface area contributed by atoms with Crippen molar-refractivity contribution < 1.29 is 15.3 Å². The molecule has 0 aliphatic rings. The molecule has 0 amide bonds. The van der Waals surface area contributed by atoms with Crippen molar-refractivity contribution in [3.8, 4) is 11.5 Å². The maximum atomic E-state index is 9.30. The van der Waals surface area contributed by atoms with Crippen LogP contribution in [0.15, 0.2) is 30.5 Å². The van der Waals surface area contributed by atoms with Crippen molar-refractivity contribution >= 4 is 0 Å². The van der Waals surface area contributed by atoms with E-state index in [9.17, 15) is 5.11 Å². The van der Waals surface area contributed by atoms with Gasteiger partial charge in [0.25, 0.3) is 0 Å². The average molecular weight is 270 g/mol. The van der Waals surface area contributed by atoms with Gasteiger partial charge in [0, 0.05) is 6.07 Å². The third-order valence-electron chi connectivity index (χ3n) is 1.64. The quantitative estimate of drug-likeness (QED) is 0.603. The third kappa shape index (κ3) is 14.3. The number of aliphatic hydroxyl groups is 1. The summed E-state index contributed by atoms with van der Waals surface area (Å²) in [5.74, 6) is 0.725. The minimum atomic E-state index is 0.104. The van der Waals surface area contributed by atoms with Gasteiger partial charge in [0.2, 0.25) is 0 Å². The average Bonchev–Trinajstić information content (AvgIpc) is 2.33. The third-order valence-corrected chi connectivity index (χ3v) is 1.64. The van der Waals surface area contributed by atoms with Gasteiger partial charge < -0.3 is 15.3 Å². The number of allylic oxidation sites excluding steroid dienone is 1. The number of hydrogen-bond donors (Lipinski definition) is 3. The Morgan fingerprint density at radius 3 is 1.68 bits per heavy atom.